The summed E-state index contributed by atoms with van der Waals surface area (Å²) in [6.45, 7) is 4.21. The minimum atomic E-state index is 0.0102. The second-order valence-corrected chi connectivity index (χ2v) is 5.67. The van der Waals surface area contributed by atoms with Crippen molar-refractivity contribution in [3.05, 3.63) is 28.7 Å². The zero-order chi connectivity index (χ0) is 14.4. The number of aromatic nitrogens is 1. The lowest BCUT2D eigenvalue weighted by atomic mass is 9.95. The first-order valence-electron chi connectivity index (χ1n) is 7.48. The van der Waals surface area contributed by atoms with E-state index in [4.69, 9.17) is 10.8 Å². The lowest BCUT2D eigenvalue weighted by Crippen LogP contribution is -2.37. The average molecular weight is 279 g/mol. The van der Waals surface area contributed by atoms with Crippen LogP contribution in [0, 0.1) is 5.92 Å². The van der Waals surface area contributed by atoms with E-state index in [0.717, 1.165) is 32.5 Å². The molecule has 0 aliphatic carbocycles. The molecule has 1 fully saturated rings. The van der Waals surface area contributed by atoms with Crippen molar-refractivity contribution in [3.63, 3.8) is 0 Å². The topological polar surface area (TPSA) is 71.5 Å². The van der Waals surface area contributed by atoms with Gasteiger partial charge in [0.05, 0.1) is 0 Å². The third-order valence-electron chi connectivity index (χ3n) is 4.02. The molecule has 1 aromatic rings. The van der Waals surface area contributed by atoms with E-state index in [2.05, 4.69) is 4.90 Å². The van der Waals surface area contributed by atoms with Gasteiger partial charge >= 0.3 is 0 Å². The molecule has 0 amide bonds. The van der Waals surface area contributed by atoms with Gasteiger partial charge in [0, 0.05) is 37.6 Å². The summed E-state index contributed by atoms with van der Waals surface area (Å²) in [4.78, 5) is 14.1. The standard InChI is InChI=1S/C15H25N3O2/c16-14-4-5-15(20)18(12-14)9-2-8-17-7-1-3-13(11-17)6-10-19/h4-5,12-13,19H,1-3,6-11,16H2. The lowest BCUT2D eigenvalue weighted by molar-refractivity contribution is 0.145. The van der Waals surface area contributed by atoms with Gasteiger partial charge in [-0.15, -0.1) is 0 Å². The van der Waals surface area contributed by atoms with Crippen LogP contribution in [-0.4, -0.2) is 40.8 Å². The number of anilines is 1. The molecular formula is C15H25N3O2. The monoisotopic (exact) mass is 279 g/mol. The maximum Gasteiger partial charge on any atom is 0.250 e. The number of hydrogen-bond acceptors (Lipinski definition) is 4. The molecule has 1 saturated heterocycles. The zero-order valence-corrected chi connectivity index (χ0v) is 12.0. The van der Waals surface area contributed by atoms with Gasteiger partial charge in [0.1, 0.15) is 0 Å². The Morgan fingerprint density at radius 3 is 3.00 bits per heavy atom. The molecule has 1 aromatic heterocycles. The van der Waals surface area contributed by atoms with Crippen molar-refractivity contribution < 1.29 is 5.11 Å². The number of aliphatic hydroxyl groups excluding tert-OH is 1. The van der Waals surface area contributed by atoms with Crippen LogP contribution < -0.4 is 11.3 Å². The number of nitrogens with two attached hydrogens (primary N) is 1. The second-order valence-electron chi connectivity index (χ2n) is 5.67. The van der Waals surface area contributed by atoms with E-state index < -0.39 is 0 Å². The fourth-order valence-electron chi connectivity index (χ4n) is 2.96. The van der Waals surface area contributed by atoms with Crippen molar-refractivity contribution in [1.29, 1.82) is 0 Å². The molecule has 112 valence electrons. The third-order valence-corrected chi connectivity index (χ3v) is 4.02. The average Bonchev–Trinajstić information content (AvgIpc) is 2.43. The summed E-state index contributed by atoms with van der Waals surface area (Å²) in [7, 11) is 0. The lowest BCUT2D eigenvalue weighted by Gasteiger charge is -2.32. The highest BCUT2D eigenvalue weighted by Gasteiger charge is 2.18. The van der Waals surface area contributed by atoms with Crippen molar-refractivity contribution in [1.82, 2.24) is 9.47 Å². The summed E-state index contributed by atoms with van der Waals surface area (Å²) in [5.74, 6) is 0.629. The number of aryl methyl sites for hydroxylation is 1. The highest BCUT2D eigenvalue weighted by atomic mass is 16.3. The highest BCUT2D eigenvalue weighted by Crippen LogP contribution is 2.19. The molecular weight excluding hydrogens is 254 g/mol. The highest BCUT2D eigenvalue weighted by molar-refractivity contribution is 5.33. The first kappa shape index (κ1) is 15.1. The normalized spacial score (nSPS) is 20.1. The van der Waals surface area contributed by atoms with Crippen LogP contribution in [0.1, 0.15) is 25.7 Å². The van der Waals surface area contributed by atoms with E-state index in [1.807, 2.05) is 0 Å². The molecule has 5 nitrogen and oxygen atoms in total. The maximum atomic E-state index is 11.7. The van der Waals surface area contributed by atoms with Crippen LogP contribution in [-0.2, 0) is 6.54 Å². The zero-order valence-electron chi connectivity index (χ0n) is 12.0. The van der Waals surface area contributed by atoms with Crippen LogP contribution in [0.2, 0.25) is 0 Å². The third kappa shape index (κ3) is 4.35. The molecule has 3 N–H and O–H groups in total. The largest absolute Gasteiger partial charge is 0.398 e. The van der Waals surface area contributed by atoms with Gasteiger partial charge < -0.3 is 20.3 Å². The van der Waals surface area contributed by atoms with Crippen LogP contribution in [0.25, 0.3) is 0 Å². The molecule has 2 rings (SSSR count). The van der Waals surface area contributed by atoms with Crippen LogP contribution in [0.15, 0.2) is 23.1 Å². The summed E-state index contributed by atoms with van der Waals surface area (Å²) in [6, 6.07) is 3.16. The molecule has 0 bridgehead atoms. The van der Waals surface area contributed by atoms with Gasteiger partial charge in [0.25, 0.3) is 5.56 Å². The molecule has 20 heavy (non-hydrogen) atoms. The number of nitrogen functional groups attached to an aromatic ring is 1. The van der Waals surface area contributed by atoms with Crippen molar-refractivity contribution >= 4 is 5.69 Å². The van der Waals surface area contributed by atoms with E-state index in [1.54, 1.807) is 16.8 Å². The molecule has 1 unspecified atom stereocenters. The first-order chi connectivity index (χ1) is 9.69. The summed E-state index contributed by atoms with van der Waals surface area (Å²) in [5, 5.41) is 9.02. The molecule has 0 spiro atoms. The smallest absolute Gasteiger partial charge is 0.250 e. The number of aliphatic hydroxyl groups is 1. The van der Waals surface area contributed by atoms with Crippen LogP contribution in [0.5, 0.6) is 0 Å². The van der Waals surface area contributed by atoms with Gasteiger partial charge in [-0.3, -0.25) is 4.79 Å². The number of hydrogen-bond donors (Lipinski definition) is 2. The predicted octanol–water partition coefficient (Wildman–Crippen LogP) is 0.915. The Morgan fingerprint density at radius 2 is 2.20 bits per heavy atom. The van der Waals surface area contributed by atoms with Crippen molar-refractivity contribution in [2.75, 3.05) is 32.0 Å². The Kier molecular flexibility index (Phi) is 5.61. The van der Waals surface area contributed by atoms with Crippen molar-refractivity contribution in [3.8, 4) is 0 Å². The van der Waals surface area contributed by atoms with Gasteiger partial charge in [-0.1, -0.05) is 0 Å². The second kappa shape index (κ2) is 7.45. The van der Waals surface area contributed by atoms with Crippen molar-refractivity contribution in [2.45, 2.75) is 32.2 Å². The minimum Gasteiger partial charge on any atom is -0.398 e. The predicted molar refractivity (Wildman–Crippen MR) is 80.6 cm³/mol. The fraction of sp³-hybridized carbons (Fsp3) is 0.667. The van der Waals surface area contributed by atoms with Gasteiger partial charge in [-0.25, -0.2) is 0 Å². The summed E-state index contributed by atoms with van der Waals surface area (Å²) in [6.07, 6.45) is 6.02. The molecule has 0 saturated carbocycles. The first-order valence-corrected chi connectivity index (χ1v) is 7.48. The van der Waals surface area contributed by atoms with E-state index in [9.17, 15) is 4.79 Å². The molecule has 5 heteroatoms. The summed E-state index contributed by atoms with van der Waals surface area (Å²) < 4.78 is 1.69. The molecule has 0 radical (unpaired) electrons. The quantitative estimate of drug-likeness (QED) is 0.812. The van der Waals surface area contributed by atoms with E-state index in [-0.39, 0.29) is 12.2 Å². The van der Waals surface area contributed by atoms with Crippen molar-refractivity contribution in [2.24, 2.45) is 5.92 Å². The van der Waals surface area contributed by atoms with Gasteiger partial charge in [0.15, 0.2) is 0 Å². The Morgan fingerprint density at radius 1 is 1.35 bits per heavy atom. The fourth-order valence-corrected chi connectivity index (χ4v) is 2.96. The van der Waals surface area contributed by atoms with Crippen LogP contribution >= 0.6 is 0 Å². The summed E-state index contributed by atoms with van der Waals surface area (Å²) in [5.41, 5.74) is 6.34. The van der Waals surface area contributed by atoms with Gasteiger partial charge in [0.2, 0.25) is 0 Å². The molecule has 1 aliphatic heterocycles. The van der Waals surface area contributed by atoms with E-state index in [1.165, 1.54) is 18.9 Å². The number of piperidine rings is 1. The minimum absolute atomic E-state index is 0.0102. The molecule has 1 aliphatic rings. The Hall–Kier alpha value is -1.33. The SMILES string of the molecule is Nc1ccc(=O)n(CCCN2CCCC(CCO)C2)c1. The number of rotatable bonds is 6. The summed E-state index contributed by atoms with van der Waals surface area (Å²) >= 11 is 0. The van der Waals surface area contributed by atoms with E-state index in [0.29, 0.717) is 18.2 Å². The number of nitrogens with zero attached hydrogens (tertiary/aromatic N) is 2. The maximum absolute atomic E-state index is 11.7. The van der Waals surface area contributed by atoms with Gasteiger partial charge in [-0.2, -0.15) is 0 Å². The molecule has 2 heterocycles. The molecule has 1 atom stereocenters. The number of pyridine rings is 1. The Bertz CT molecular complexity index is 470. The molecule has 0 aromatic carbocycles. The Labute approximate surface area is 120 Å². The van der Waals surface area contributed by atoms with E-state index >= 15 is 0 Å². The van der Waals surface area contributed by atoms with Crippen LogP contribution in [0.4, 0.5) is 5.69 Å². The van der Waals surface area contributed by atoms with Crippen LogP contribution in [0.3, 0.4) is 0 Å². The Balaban J connectivity index is 1.78. The van der Waals surface area contributed by atoms with Gasteiger partial charge in [-0.05, 0) is 50.8 Å². The number of likely N-dealkylation sites (tertiary alicyclic amines) is 1.